The van der Waals surface area contributed by atoms with Crippen LogP contribution in [-0.4, -0.2) is 33.3 Å². The molecule has 1 heterocycles. The van der Waals surface area contributed by atoms with Gasteiger partial charge in [0, 0.05) is 23.0 Å². The van der Waals surface area contributed by atoms with E-state index in [9.17, 15) is 14.7 Å². The number of aryl methyl sites for hydroxylation is 1. The van der Waals surface area contributed by atoms with Gasteiger partial charge in [-0.1, -0.05) is 40.9 Å². The van der Waals surface area contributed by atoms with E-state index in [-0.39, 0.29) is 10.6 Å². The Morgan fingerprint density at radius 2 is 1.82 bits per heavy atom. The molecule has 3 aromatic rings. The Kier molecular flexibility index (Phi) is 5.86. The number of fused-ring (bicyclic) bond motifs is 1. The highest BCUT2D eigenvalue weighted by Crippen LogP contribution is 2.33. The van der Waals surface area contributed by atoms with Crippen LogP contribution in [0.3, 0.4) is 0 Å². The fourth-order valence-electron chi connectivity index (χ4n) is 2.96. The maximum atomic E-state index is 12.8. The van der Waals surface area contributed by atoms with Gasteiger partial charge in [0.1, 0.15) is 5.69 Å². The lowest BCUT2D eigenvalue weighted by Gasteiger charge is -2.18. The molecule has 1 aromatic heterocycles. The number of nitrogens with zero attached hydrogens (tertiary/aromatic N) is 1. The Hall–Kier alpha value is -2.25. The average Bonchev–Trinajstić information content (AvgIpc) is 3.00. The molecule has 146 valence electrons. The Morgan fingerprint density at radius 1 is 1.11 bits per heavy atom. The normalized spacial score (nSPS) is 12.2. The summed E-state index contributed by atoms with van der Waals surface area (Å²) in [6.07, 6.45) is 0. The van der Waals surface area contributed by atoms with Crippen molar-refractivity contribution in [2.75, 3.05) is 6.61 Å². The van der Waals surface area contributed by atoms with Crippen molar-refractivity contribution in [3.8, 4) is 0 Å². The number of amides is 1. The first-order chi connectivity index (χ1) is 13.2. The maximum absolute atomic E-state index is 12.8. The molecule has 3 rings (SSSR count). The number of hydrogen-bond acceptors (Lipinski definition) is 3. The highest BCUT2D eigenvalue weighted by molar-refractivity contribution is 6.45. The summed E-state index contributed by atoms with van der Waals surface area (Å²) in [7, 11) is 1.71. The van der Waals surface area contributed by atoms with Crippen molar-refractivity contribution in [3.05, 3.63) is 68.3 Å². The van der Waals surface area contributed by atoms with Gasteiger partial charge in [0.05, 0.1) is 28.3 Å². The quantitative estimate of drug-likeness (QED) is 0.550. The zero-order valence-corrected chi connectivity index (χ0v) is 16.8. The van der Waals surface area contributed by atoms with E-state index >= 15 is 0 Å². The second-order valence-corrected chi connectivity index (χ2v) is 7.33. The van der Waals surface area contributed by atoms with Crippen molar-refractivity contribution < 1.29 is 19.8 Å². The zero-order valence-electron chi connectivity index (χ0n) is 14.5. The SMILES string of the molecule is Cn1c(C(=O)NC(CO)c2ccc(C(=O)O)cc2Cl)cc2c(Cl)c(Cl)ccc21. The third-order valence-electron chi connectivity index (χ3n) is 4.46. The van der Waals surface area contributed by atoms with Gasteiger partial charge in [0.2, 0.25) is 0 Å². The molecule has 1 atom stereocenters. The lowest BCUT2D eigenvalue weighted by atomic mass is 10.0. The molecule has 3 N–H and O–H groups in total. The summed E-state index contributed by atoms with van der Waals surface area (Å²) in [5.41, 5.74) is 1.46. The van der Waals surface area contributed by atoms with Gasteiger partial charge < -0.3 is 20.1 Å². The van der Waals surface area contributed by atoms with E-state index in [0.717, 1.165) is 5.52 Å². The molecule has 28 heavy (non-hydrogen) atoms. The van der Waals surface area contributed by atoms with Gasteiger partial charge in [-0.25, -0.2) is 4.79 Å². The molecule has 2 aromatic carbocycles. The second-order valence-electron chi connectivity index (χ2n) is 6.13. The molecule has 1 unspecified atom stereocenters. The van der Waals surface area contributed by atoms with Crippen molar-refractivity contribution in [3.63, 3.8) is 0 Å². The molecule has 0 saturated heterocycles. The van der Waals surface area contributed by atoms with Crippen LogP contribution in [0.5, 0.6) is 0 Å². The van der Waals surface area contributed by atoms with Crippen molar-refractivity contribution in [1.82, 2.24) is 9.88 Å². The summed E-state index contributed by atoms with van der Waals surface area (Å²) in [6, 6.07) is 8.29. The summed E-state index contributed by atoms with van der Waals surface area (Å²) >= 11 is 18.4. The molecule has 0 spiro atoms. The molecule has 0 aliphatic rings. The van der Waals surface area contributed by atoms with Crippen LogP contribution < -0.4 is 5.32 Å². The number of carboxylic acids is 1. The summed E-state index contributed by atoms with van der Waals surface area (Å²) in [4.78, 5) is 23.8. The average molecular weight is 442 g/mol. The highest BCUT2D eigenvalue weighted by atomic mass is 35.5. The van der Waals surface area contributed by atoms with Gasteiger partial charge in [0.25, 0.3) is 5.91 Å². The smallest absolute Gasteiger partial charge is 0.335 e. The molecule has 9 heteroatoms. The largest absolute Gasteiger partial charge is 0.478 e. The number of rotatable bonds is 5. The number of aliphatic hydroxyl groups is 1. The van der Waals surface area contributed by atoms with Gasteiger partial charge in [-0.05, 0) is 35.9 Å². The van der Waals surface area contributed by atoms with E-state index in [0.29, 0.717) is 26.7 Å². The van der Waals surface area contributed by atoms with Crippen LogP contribution in [0.25, 0.3) is 10.9 Å². The maximum Gasteiger partial charge on any atom is 0.335 e. The predicted octanol–water partition coefficient (Wildman–Crippen LogP) is 4.30. The number of aliphatic hydroxyl groups excluding tert-OH is 1. The van der Waals surface area contributed by atoms with Gasteiger partial charge in [-0.2, -0.15) is 0 Å². The van der Waals surface area contributed by atoms with Crippen LogP contribution in [0.1, 0.15) is 32.5 Å². The Bertz CT molecular complexity index is 1090. The standard InChI is InChI=1S/C19H15Cl3N2O4/c1-24-15-5-4-12(20)17(22)11(15)7-16(24)18(26)23-14(8-25)10-3-2-9(19(27)28)6-13(10)21/h2-7,14,25H,8H2,1H3,(H,23,26)(H,27,28). The van der Waals surface area contributed by atoms with Crippen LogP contribution >= 0.6 is 34.8 Å². The van der Waals surface area contributed by atoms with Crippen LogP contribution in [0.4, 0.5) is 0 Å². The molecular formula is C19H15Cl3N2O4. The van der Waals surface area contributed by atoms with Gasteiger partial charge in [-0.15, -0.1) is 0 Å². The minimum atomic E-state index is -1.12. The number of halogens is 3. The fourth-order valence-corrected chi connectivity index (χ4v) is 3.66. The summed E-state index contributed by atoms with van der Waals surface area (Å²) in [6.45, 7) is -0.422. The number of carbonyl (C=O) groups is 2. The van der Waals surface area contributed by atoms with Crippen molar-refractivity contribution in [2.24, 2.45) is 7.05 Å². The molecule has 1 amide bonds. The first-order valence-corrected chi connectivity index (χ1v) is 9.26. The third kappa shape index (κ3) is 3.69. The third-order valence-corrected chi connectivity index (χ3v) is 5.60. The molecular weight excluding hydrogens is 427 g/mol. The number of carboxylic acid groups (broad SMARTS) is 1. The fraction of sp³-hybridized carbons (Fsp3) is 0.158. The number of hydrogen-bond donors (Lipinski definition) is 3. The van der Waals surface area contributed by atoms with E-state index in [1.54, 1.807) is 29.8 Å². The van der Waals surface area contributed by atoms with E-state index in [2.05, 4.69) is 5.32 Å². The summed E-state index contributed by atoms with van der Waals surface area (Å²) in [5, 5.41) is 23.0. The first-order valence-electron chi connectivity index (χ1n) is 8.12. The lowest BCUT2D eigenvalue weighted by Crippen LogP contribution is -2.32. The second kappa shape index (κ2) is 8.01. The van der Waals surface area contributed by atoms with Crippen molar-refractivity contribution >= 4 is 57.6 Å². The first kappa shape index (κ1) is 20.5. The molecule has 0 fully saturated rings. The lowest BCUT2D eigenvalue weighted by molar-refractivity contribution is 0.0696. The van der Waals surface area contributed by atoms with E-state index in [4.69, 9.17) is 39.9 Å². The molecule has 0 aliphatic carbocycles. The highest BCUT2D eigenvalue weighted by Gasteiger charge is 2.22. The minimum Gasteiger partial charge on any atom is -0.478 e. The van der Waals surface area contributed by atoms with Crippen molar-refractivity contribution in [1.29, 1.82) is 0 Å². The number of carbonyl (C=O) groups excluding carboxylic acids is 1. The number of nitrogens with one attached hydrogen (secondary N) is 1. The van der Waals surface area contributed by atoms with Gasteiger partial charge in [0.15, 0.2) is 0 Å². The van der Waals surface area contributed by atoms with E-state index < -0.39 is 24.5 Å². The summed E-state index contributed by atoms with van der Waals surface area (Å²) < 4.78 is 1.66. The van der Waals surface area contributed by atoms with E-state index in [1.165, 1.54) is 18.2 Å². The number of aromatic carboxylic acids is 1. The molecule has 0 bridgehead atoms. The molecule has 0 aliphatic heterocycles. The van der Waals surface area contributed by atoms with Crippen LogP contribution in [-0.2, 0) is 7.05 Å². The Balaban J connectivity index is 1.93. The minimum absolute atomic E-state index is 0.0111. The van der Waals surface area contributed by atoms with Crippen LogP contribution in [0.15, 0.2) is 36.4 Å². The van der Waals surface area contributed by atoms with Crippen LogP contribution in [0.2, 0.25) is 15.1 Å². The zero-order chi connectivity index (χ0) is 20.6. The predicted molar refractivity (Wildman–Crippen MR) is 109 cm³/mol. The number of benzene rings is 2. The Labute approximate surface area is 175 Å². The molecule has 6 nitrogen and oxygen atoms in total. The Morgan fingerprint density at radius 3 is 2.43 bits per heavy atom. The van der Waals surface area contributed by atoms with Gasteiger partial charge in [-0.3, -0.25) is 4.79 Å². The molecule has 0 radical (unpaired) electrons. The van der Waals surface area contributed by atoms with Crippen LogP contribution in [0, 0.1) is 0 Å². The monoisotopic (exact) mass is 440 g/mol. The van der Waals surface area contributed by atoms with E-state index in [1.807, 2.05) is 0 Å². The summed E-state index contributed by atoms with van der Waals surface area (Å²) in [5.74, 6) is -1.58. The van der Waals surface area contributed by atoms with Crippen molar-refractivity contribution in [2.45, 2.75) is 6.04 Å². The van der Waals surface area contributed by atoms with Gasteiger partial charge >= 0.3 is 5.97 Å². The topological polar surface area (TPSA) is 91.6 Å². The molecule has 0 saturated carbocycles. The number of aromatic nitrogens is 1.